The molecule has 1 saturated carbocycles. The van der Waals surface area contributed by atoms with E-state index in [1.54, 1.807) is 17.2 Å². The number of aromatic nitrogens is 5. The minimum Gasteiger partial charge on any atom is -0.346 e. The van der Waals surface area contributed by atoms with Crippen molar-refractivity contribution < 1.29 is 4.79 Å². The van der Waals surface area contributed by atoms with Crippen molar-refractivity contribution in [3.05, 3.63) is 30.1 Å². The first-order chi connectivity index (χ1) is 11.1. The van der Waals surface area contributed by atoms with Crippen molar-refractivity contribution >= 4 is 5.91 Å². The summed E-state index contributed by atoms with van der Waals surface area (Å²) in [5.74, 6) is 0.883. The van der Waals surface area contributed by atoms with Gasteiger partial charge in [0.15, 0.2) is 5.82 Å². The zero-order chi connectivity index (χ0) is 16.2. The Hall–Kier alpha value is -2.18. The van der Waals surface area contributed by atoms with Crippen molar-refractivity contribution in [2.45, 2.75) is 57.5 Å². The Bertz CT molecular complexity index is 655. The predicted molar refractivity (Wildman–Crippen MR) is 85.6 cm³/mol. The van der Waals surface area contributed by atoms with Crippen LogP contribution in [0.25, 0.3) is 0 Å². The van der Waals surface area contributed by atoms with Gasteiger partial charge in [0.1, 0.15) is 6.33 Å². The molecule has 1 aliphatic carbocycles. The van der Waals surface area contributed by atoms with Gasteiger partial charge in [-0.15, -0.1) is 10.2 Å². The summed E-state index contributed by atoms with van der Waals surface area (Å²) in [6.45, 7) is 1.97. The predicted octanol–water partition coefficient (Wildman–Crippen LogP) is 1.94. The van der Waals surface area contributed by atoms with Gasteiger partial charge in [-0.1, -0.05) is 12.8 Å². The smallest absolute Gasteiger partial charge is 0.220 e. The first kappa shape index (κ1) is 15.7. The summed E-state index contributed by atoms with van der Waals surface area (Å²) in [7, 11) is 1.88. The van der Waals surface area contributed by atoms with Crippen LogP contribution in [0, 0.1) is 0 Å². The first-order valence-electron chi connectivity index (χ1n) is 8.30. The molecule has 1 fully saturated rings. The molecule has 0 radical (unpaired) electrons. The van der Waals surface area contributed by atoms with E-state index in [0.717, 1.165) is 11.4 Å². The van der Waals surface area contributed by atoms with Crippen LogP contribution in [0.4, 0.5) is 0 Å². The number of hydrogen-bond acceptors (Lipinski definition) is 4. The Morgan fingerprint density at radius 3 is 2.91 bits per heavy atom. The first-order valence-corrected chi connectivity index (χ1v) is 8.30. The molecule has 0 bridgehead atoms. The van der Waals surface area contributed by atoms with Gasteiger partial charge in [-0.25, -0.2) is 0 Å². The molecule has 7 heteroatoms. The Kier molecular flexibility index (Phi) is 4.73. The summed E-state index contributed by atoms with van der Waals surface area (Å²) in [5.41, 5.74) is 1.07. The molecule has 7 nitrogen and oxygen atoms in total. The average molecular weight is 316 g/mol. The molecular formula is C16H24N6O. The van der Waals surface area contributed by atoms with Crippen LogP contribution < -0.4 is 5.32 Å². The number of hydrogen-bond donors (Lipinski definition) is 1. The lowest BCUT2D eigenvalue weighted by Gasteiger charge is -2.18. The Morgan fingerprint density at radius 2 is 2.22 bits per heavy atom. The van der Waals surface area contributed by atoms with Crippen LogP contribution in [0.1, 0.15) is 62.5 Å². The van der Waals surface area contributed by atoms with Crippen LogP contribution in [-0.4, -0.2) is 30.5 Å². The monoisotopic (exact) mass is 316 g/mol. The van der Waals surface area contributed by atoms with Crippen molar-refractivity contribution in [3.63, 3.8) is 0 Å². The van der Waals surface area contributed by atoms with Gasteiger partial charge in [0.25, 0.3) is 0 Å². The molecule has 1 amide bonds. The maximum atomic E-state index is 12.2. The highest BCUT2D eigenvalue weighted by Gasteiger charge is 2.23. The quantitative estimate of drug-likeness (QED) is 0.883. The second-order valence-electron chi connectivity index (χ2n) is 6.35. The minimum absolute atomic E-state index is 0.0299. The van der Waals surface area contributed by atoms with Crippen molar-refractivity contribution in [2.75, 3.05) is 0 Å². The molecule has 3 rings (SSSR count). The standard InChI is InChI=1S/C16H24N6O/c1-12(16-20-17-11-22(16)14-5-3-4-6-14)19-15(23)8-7-13-9-18-21(2)10-13/h9-12,14H,3-8H2,1-2H3,(H,19,23)/t12-/m1/s1. The van der Waals surface area contributed by atoms with Crippen molar-refractivity contribution in [1.29, 1.82) is 0 Å². The Labute approximate surface area is 136 Å². The third-order valence-electron chi connectivity index (χ3n) is 4.48. The summed E-state index contributed by atoms with van der Waals surface area (Å²) < 4.78 is 3.89. The fourth-order valence-electron chi connectivity index (χ4n) is 3.26. The fraction of sp³-hybridized carbons (Fsp3) is 0.625. The Balaban J connectivity index is 1.55. The van der Waals surface area contributed by atoms with E-state index in [0.29, 0.717) is 18.9 Å². The fourth-order valence-corrected chi connectivity index (χ4v) is 3.26. The van der Waals surface area contributed by atoms with Crippen LogP contribution >= 0.6 is 0 Å². The van der Waals surface area contributed by atoms with Crippen LogP contribution in [0.2, 0.25) is 0 Å². The third kappa shape index (κ3) is 3.78. The van der Waals surface area contributed by atoms with Gasteiger partial charge in [0.2, 0.25) is 5.91 Å². The van der Waals surface area contributed by atoms with Crippen molar-refractivity contribution in [3.8, 4) is 0 Å². The van der Waals surface area contributed by atoms with Gasteiger partial charge in [0.05, 0.1) is 12.2 Å². The average Bonchev–Trinajstić information content (AvgIpc) is 3.25. The molecule has 0 unspecified atom stereocenters. The number of carbonyl (C=O) groups excluding carboxylic acids is 1. The molecule has 1 atom stereocenters. The third-order valence-corrected chi connectivity index (χ3v) is 4.48. The SMILES string of the molecule is C[C@@H](NC(=O)CCc1cnn(C)c1)c1nncn1C1CCCC1. The molecule has 0 saturated heterocycles. The summed E-state index contributed by atoms with van der Waals surface area (Å²) in [6.07, 6.45) is 11.5. The van der Waals surface area contributed by atoms with Crippen LogP contribution in [0.15, 0.2) is 18.7 Å². The van der Waals surface area contributed by atoms with Gasteiger partial charge in [-0.3, -0.25) is 9.48 Å². The van der Waals surface area contributed by atoms with E-state index in [9.17, 15) is 4.79 Å². The molecule has 2 aromatic rings. The summed E-state index contributed by atoms with van der Waals surface area (Å²) >= 11 is 0. The van der Waals surface area contributed by atoms with Gasteiger partial charge < -0.3 is 9.88 Å². The van der Waals surface area contributed by atoms with E-state index in [2.05, 4.69) is 25.2 Å². The highest BCUT2D eigenvalue weighted by molar-refractivity contribution is 5.76. The van der Waals surface area contributed by atoms with Crippen LogP contribution in [0.3, 0.4) is 0 Å². The van der Waals surface area contributed by atoms with Crippen molar-refractivity contribution in [1.82, 2.24) is 29.9 Å². The second kappa shape index (κ2) is 6.93. The lowest BCUT2D eigenvalue weighted by Crippen LogP contribution is -2.29. The molecular weight excluding hydrogens is 292 g/mol. The van der Waals surface area contributed by atoms with Gasteiger partial charge in [-0.05, 0) is 31.7 Å². The molecule has 124 valence electrons. The number of amides is 1. The molecule has 2 heterocycles. The minimum atomic E-state index is -0.125. The molecule has 23 heavy (non-hydrogen) atoms. The van der Waals surface area contributed by atoms with Crippen LogP contribution in [0.5, 0.6) is 0 Å². The maximum absolute atomic E-state index is 12.2. The zero-order valence-electron chi connectivity index (χ0n) is 13.8. The normalized spacial score (nSPS) is 16.6. The number of nitrogens with zero attached hydrogens (tertiary/aromatic N) is 5. The summed E-state index contributed by atoms with van der Waals surface area (Å²) in [5, 5.41) is 15.4. The molecule has 1 aliphatic rings. The molecule has 2 aromatic heterocycles. The van der Waals surface area contributed by atoms with Crippen molar-refractivity contribution in [2.24, 2.45) is 7.05 Å². The van der Waals surface area contributed by atoms with Gasteiger partial charge >= 0.3 is 0 Å². The van der Waals surface area contributed by atoms with E-state index in [4.69, 9.17) is 0 Å². The Morgan fingerprint density at radius 1 is 1.43 bits per heavy atom. The summed E-state index contributed by atoms with van der Waals surface area (Å²) in [4.78, 5) is 12.2. The lowest BCUT2D eigenvalue weighted by atomic mass is 10.2. The molecule has 0 spiro atoms. The van der Waals surface area contributed by atoms with E-state index in [-0.39, 0.29) is 11.9 Å². The van der Waals surface area contributed by atoms with Crippen LogP contribution in [-0.2, 0) is 18.3 Å². The lowest BCUT2D eigenvalue weighted by molar-refractivity contribution is -0.121. The second-order valence-corrected chi connectivity index (χ2v) is 6.35. The highest BCUT2D eigenvalue weighted by atomic mass is 16.1. The number of aryl methyl sites for hydroxylation is 2. The molecule has 0 aliphatic heterocycles. The summed E-state index contributed by atoms with van der Waals surface area (Å²) in [6, 6.07) is 0.356. The van der Waals surface area contributed by atoms with E-state index in [1.165, 1.54) is 25.7 Å². The van der Waals surface area contributed by atoms with Gasteiger partial charge in [-0.2, -0.15) is 5.10 Å². The molecule has 0 aromatic carbocycles. The topological polar surface area (TPSA) is 77.6 Å². The van der Waals surface area contributed by atoms with E-state index >= 15 is 0 Å². The molecule has 1 N–H and O–H groups in total. The number of carbonyl (C=O) groups is 1. The van der Waals surface area contributed by atoms with E-state index < -0.39 is 0 Å². The van der Waals surface area contributed by atoms with Gasteiger partial charge in [0, 0.05) is 25.7 Å². The zero-order valence-corrected chi connectivity index (χ0v) is 13.8. The number of nitrogens with one attached hydrogen (secondary N) is 1. The maximum Gasteiger partial charge on any atom is 0.220 e. The number of rotatable bonds is 6. The largest absolute Gasteiger partial charge is 0.346 e. The highest BCUT2D eigenvalue weighted by Crippen LogP contribution is 2.31. The van der Waals surface area contributed by atoms with E-state index in [1.807, 2.05) is 20.2 Å².